The van der Waals surface area contributed by atoms with Gasteiger partial charge in [0.1, 0.15) is 16.6 Å². The van der Waals surface area contributed by atoms with Crippen LogP contribution in [-0.4, -0.2) is 22.0 Å². The number of nitrogens with one attached hydrogen (secondary N) is 1. The third-order valence-corrected chi connectivity index (χ3v) is 5.42. The van der Waals surface area contributed by atoms with Gasteiger partial charge in [0, 0.05) is 11.5 Å². The third kappa shape index (κ3) is 4.11. The van der Waals surface area contributed by atoms with Gasteiger partial charge in [-0.25, -0.2) is 13.8 Å². The second-order valence-electron chi connectivity index (χ2n) is 6.33. The molecule has 1 saturated carbocycles. The van der Waals surface area contributed by atoms with Crippen molar-refractivity contribution in [3.8, 4) is 17.3 Å². The van der Waals surface area contributed by atoms with Crippen LogP contribution in [0.3, 0.4) is 0 Å². The molecule has 9 heteroatoms. The van der Waals surface area contributed by atoms with E-state index < -0.39 is 29.4 Å². The van der Waals surface area contributed by atoms with Crippen LogP contribution >= 0.6 is 11.3 Å². The standard InChI is InChI=1S/C18H15F2N3O3S/c19-12-5-4-9(7-13(12)20)15-14(8-21)27-18(22-15)23-16(24)10-2-1-3-11(6-10)17(25)26/h4-5,7,10-11H,1-3,6H2,(H,25,26)(H,22,23,24). The summed E-state index contributed by atoms with van der Waals surface area (Å²) >= 11 is 0.927. The van der Waals surface area contributed by atoms with Crippen molar-refractivity contribution in [2.24, 2.45) is 11.8 Å². The Morgan fingerprint density at radius 3 is 2.67 bits per heavy atom. The number of nitrogens with zero attached hydrogens (tertiary/aromatic N) is 2. The maximum Gasteiger partial charge on any atom is 0.306 e. The lowest BCUT2D eigenvalue weighted by Gasteiger charge is -2.25. The highest BCUT2D eigenvalue weighted by molar-refractivity contribution is 7.16. The predicted molar refractivity (Wildman–Crippen MR) is 93.9 cm³/mol. The highest BCUT2D eigenvalue weighted by atomic mass is 32.1. The number of nitriles is 1. The molecule has 1 aromatic carbocycles. The van der Waals surface area contributed by atoms with Crippen molar-refractivity contribution < 1.29 is 23.5 Å². The lowest BCUT2D eigenvalue weighted by atomic mass is 9.81. The number of aliphatic carboxylic acids is 1. The fourth-order valence-corrected chi connectivity index (χ4v) is 3.94. The van der Waals surface area contributed by atoms with Gasteiger partial charge in [-0.05, 0) is 37.5 Å². The molecule has 1 aliphatic rings. The quantitative estimate of drug-likeness (QED) is 0.825. The van der Waals surface area contributed by atoms with E-state index in [0.29, 0.717) is 19.3 Å². The van der Waals surface area contributed by atoms with Gasteiger partial charge in [-0.3, -0.25) is 9.59 Å². The van der Waals surface area contributed by atoms with Crippen molar-refractivity contribution in [2.75, 3.05) is 5.32 Å². The maximum atomic E-state index is 13.5. The van der Waals surface area contributed by atoms with E-state index in [2.05, 4.69) is 10.3 Å². The summed E-state index contributed by atoms with van der Waals surface area (Å²) in [6.45, 7) is 0. The van der Waals surface area contributed by atoms with E-state index in [-0.39, 0.29) is 33.6 Å². The molecule has 2 aromatic rings. The molecule has 6 nitrogen and oxygen atoms in total. The summed E-state index contributed by atoms with van der Waals surface area (Å²) in [5.74, 6) is -4.31. The number of carboxylic acid groups (broad SMARTS) is 1. The number of carbonyl (C=O) groups excluding carboxylic acids is 1. The van der Waals surface area contributed by atoms with Crippen molar-refractivity contribution in [1.29, 1.82) is 5.26 Å². The monoisotopic (exact) mass is 391 g/mol. The number of thiazole rings is 1. The summed E-state index contributed by atoms with van der Waals surface area (Å²) in [6.07, 6.45) is 2.04. The van der Waals surface area contributed by atoms with Crippen LogP contribution in [0.2, 0.25) is 0 Å². The molecule has 0 saturated heterocycles. The van der Waals surface area contributed by atoms with Crippen LogP contribution < -0.4 is 5.32 Å². The van der Waals surface area contributed by atoms with E-state index >= 15 is 0 Å². The molecule has 2 N–H and O–H groups in total. The third-order valence-electron chi connectivity index (χ3n) is 4.55. The number of carbonyl (C=O) groups is 2. The Kier molecular flexibility index (Phi) is 5.46. The van der Waals surface area contributed by atoms with E-state index in [1.54, 1.807) is 0 Å². The number of rotatable bonds is 4. The summed E-state index contributed by atoms with van der Waals surface area (Å²) in [7, 11) is 0. The number of aromatic nitrogens is 1. The molecular formula is C18H15F2N3O3S. The van der Waals surface area contributed by atoms with Crippen LogP contribution in [-0.2, 0) is 9.59 Å². The molecule has 1 fully saturated rings. The number of amides is 1. The van der Waals surface area contributed by atoms with Gasteiger partial charge in [-0.2, -0.15) is 5.26 Å². The minimum absolute atomic E-state index is 0.156. The van der Waals surface area contributed by atoms with Gasteiger partial charge in [0.25, 0.3) is 0 Å². The molecule has 2 atom stereocenters. The average Bonchev–Trinajstić information content (AvgIpc) is 3.06. The first-order chi connectivity index (χ1) is 12.9. The molecule has 2 unspecified atom stereocenters. The van der Waals surface area contributed by atoms with Gasteiger partial charge < -0.3 is 10.4 Å². The molecule has 1 amide bonds. The molecule has 140 valence electrons. The maximum absolute atomic E-state index is 13.5. The Morgan fingerprint density at radius 2 is 2.00 bits per heavy atom. The molecule has 0 radical (unpaired) electrons. The topological polar surface area (TPSA) is 103 Å². The van der Waals surface area contributed by atoms with E-state index in [1.807, 2.05) is 6.07 Å². The zero-order chi connectivity index (χ0) is 19.6. The molecule has 1 heterocycles. The van der Waals surface area contributed by atoms with Gasteiger partial charge >= 0.3 is 5.97 Å². The SMILES string of the molecule is N#Cc1sc(NC(=O)C2CCCC(C(=O)O)C2)nc1-c1ccc(F)c(F)c1. The van der Waals surface area contributed by atoms with Crippen molar-refractivity contribution in [3.63, 3.8) is 0 Å². The Labute approximate surface area is 157 Å². The molecule has 0 aliphatic heterocycles. The van der Waals surface area contributed by atoms with Crippen LogP contribution in [0.25, 0.3) is 11.3 Å². The van der Waals surface area contributed by atoms with Crippen molar-refractivity contribution >= 4 is 28.3 Å². The van der Waals surface area contributed by atoms with Gasteiger partial charge in [-0.1, -0.05) is 17.8 Å². The normalized spacial score (nSPS) is 19.3. The summed E-state index contributed by atoms with van der Waals surface area (Å²) < 4.78 is 26.6. The second-order valence-corrected chi connectivity index (χ2v) is 7.32. The minimum atomic E-state index is -1.06. The number of anilines is 1. The van der Waals surface area contributed by atoms with Crippen LogP contribution in [0.1, 0.15) is 30.6 Å². The van der Waals surface area contributed by atoms with Crippen molar-refractivity contribution in [3.05, 3.63) is 34.7 Å². The summed E-state index contributed by atoms with van der Waals surface area (Å²) in [6, 6.07) is 5.12. The lowest BCUT2D eigenvalue weighted by molar-refractivity contribution is -0.143. The molecule has 1 aliphatic carbocycles. The first-order valence-electron chi connectivity index (χ1n) is 8.29. The summed E-state index contributed by atoms with van der Waals surface area (Å²) in [5, 5.41) is 21.2. The van der Waals surface area contributed by atoms with E-state index in [1.165, 1.54) is 6.07 Å². The first-order valence-corrected chi connectivity index (χ1v) is 9.10. The minimum Gasteiger partial charge on any atom is -0.481 e. The zero-order valence-corrected chi connectivity index (χ0v) is 14.9. The van der Waals surface area contributed by atoms with Gasteiger partial charge in [0.05, 0.1) is 5.92 Å². The summed E-state index contributed by atoms with van der Waals surface area (Å²) in [4.78, 5) is 27.9. The molecular weight excluding hydrogens is 376 g/mol. The second kappa shape index (κ2) is 7.80. The fraction of sp³-hybridized carbons (Fsp3) is 0.333. The first kappa shape index (κ1) is 18.9. The number of halogens is 2. The molecule has 27 heavy (non-hydrogen) atoms. The lowest BCUT2D eigenvalue weighted by Crippen LogP contribution is -2.30. The van der Waals surface area contributed by atoms with Crippen LogP contribution in [0.15, 0.2) is 18.2 Å². The summed E-state index contributed by atoms with van der Waals surface area (Å²) in [5.41, 5.74) is 0.384. The van der Waals surface area contributed by atoms with Gasteiger partial charge in [-0.15, -0.1) is 0 Å². The smallest absolute Gasteiger partial charge is 0.306 e. The van der Waals surface area contributed by atoms with E-state index in [0.717, 1.165) is 23.5 Å². The van der Waals surface area contributed by atoms with E-state index in [9.17, 15) is 23.6 Å². The highest BCUT2D eigenvalue weighted by Crippen LogP contribution is 2.33. The Balaban J connectivity index is 1.79. The predicted octanol–water partition coefficient (Wildman–Crippen LogP) is 3.79. The average molecular weight is 391 g/mol. The molecule has 0 bridgehead atoms. The zero-order valence-electron chi connectivity index (χ0n) is 14.0. The van der Waals surface area contributed by atoms with Gasteiger partial charge in [0.15, 0.2) is 16.8 Å². The molecule has 1 aromatic heterocycles. The Bertz CT molecular complexity index is 938. The highest BCUT2D eigenvalue weighted by Gasteiger charge is 2.31. The van der Waals surface area contributed by atoms with Gasteiger partial charge in [0.2, 0.25) is 5.91 Å². The van der Waals surface area contributed by atoms with Crippen molar-refractivity contribution in [1.82, 2.24) is 4.98 Å². The number of hydrogen-bond acceptors (Lipinski definition) is 5. The number of benzene rings is 1. The molecule has 0 spiro atoms. The van der Waals surface area contributed by atoms with Crippen LogP contribution in [0.4, 0.5) is 13.9 Å². The fourth-order valence-electron chi connectivity index (χ4n) is 3.15. The number of carboxylic acids is 1. The van der Waals surface area contributed by atoms with Crippen LogP contribution in [0.5, 0.6) is 0 Å². The van der Waals surface area contributed by atoms with Crippen LogP contribution in [0, 0.1) is 34.8 Å². The number of hydrogen-bond donors (Lipinski definition) is 2. The van der Waals surface area contributed by atoms with E-state index in [4.69, 9.17) is 5.11 Å². The largest absolute Gasteiger partial charge is 0.481 e. The Morgan fingerprint density at radius 1 is 1.26 bits per heavy atom. The molecule has 3 rings (SSSR count). The Hall–Kier alpha value is -2.86. The van der Waals surface area contributed by atoms with Crippen molar-refractivity contribution in [2.45, 2.75) is 25.7 Å².